The van der Waals surface area contributed by atoms with Gasteiger partial charge in [0.05, 0.1) is 60.2 Å². The van der Waals surface area contributed by atoms with Crippen molar-refractivity contribution in [2.75, 3.05) is 19.8 Å². The van der Waals surface area contributed by atoms with E-state index in [0.717, 1.165) is 50.1 Å². The van der Waals surface area contributed by atoms with Crippen LogP contribution in [0, 0.1) is 0 Å². The van der Waals surface area contributed by atoms with Gasteiger partial charge >= 0.3 is 0 Å². The van der Waals surface area contributed by atoms with Crippen LogP contribution in [0.4, 0.5) is 0 Å². The number of aryl methyl sites for hydroxylation is 1. The fraction of sp³-hybridized carbons (Fsp3) is 0.261. The SMILES string of the molecule is Cn1ncc2c1OCCCOc1nn(CCO)c3ccc(cc13)-c1n[nH]c3ccc-2cc13. The zero-order valence-corrected chi connectivity index (χ0v) is 17.6. The summed E-state index contributed by atoms with van der Waals surface area (Å²) in [6.07, 6.45) is 2.52. The number of fused-ring (bicyclic) bond motifs is 5. The van der Waals surface area contributed by atoms with Crippen LogP contribution in [0.1, 0.15) is 6.42 Å². The Morgan fingerprint density at radius 2 is 1.91 bits per heavy atom. The third-order valence-corrected chi connectivity index (χ3v) is 5.83. The average molecular weight is 430 g/mol. The van der Waals surface area contributed by atoms with E-state index in [0.29, 0.717) is 32.1 Å². The molecule has 2 N–H and O–H groups in total. The smallest absolute Gasteiger partial charge is 0.240 e. The number of rotatable bonds is 2. The van der Waals surface area contributed by atoms with Gasteiger partial charge in [-0.3, -0.25) is 9.78 Å². The Kier molecular flexibility index (Phi) is 4.36. The van der Waals surface area contributed by atoms with Crippen molar-refractivity contribution in [1.29, 1.82) is 0 Å². The molecule has 1 aliphatic rings. The van der Waals surface area contributed by atoms with Crippen LogP contribution in [0.25, 0.3) is 44.2 Å². The Bertz CT molecular complexity index is 1450. The molecule has 0 unspecified atom stereocenters. The molecule has 0 amide bonds. The average Bonchev–Trinajstić information content (AvgIpc) is 3.48. The molecule has 9 heteroatoms. The van der Waals surface area contributed by atoms with Crippen LogP contribution in [0.3, 0.4) is 0 Å². The van der Waals surface area contributed by atoms with Crippen LogP contribution in [-0.4, -0.2) is 54.7 Å². The Hall–Kier alpha value is -3.85. The fourth-order valence-corrected chi connectivity index (χ4v) is 4.26. The van der Waals surface area contributed by atoms with Crippen LogP contribution in [0.5, 0.6) is 11.8 Å². The van der Waals surface area contributed by atoms with E-state index in [4.69, 9.17) is 9.47 Å². The van der Waals surface area contributed by atoms with Gasteiger partial charge in [-0.2, -0.15) is 10.2 Å². The van der Waals surface area contributed by atoms with Crippen LogP contribution in [0.2, 0.25) is 0 Å². The van der Waals surface area contributed by atoms with Gasteiger partial charge in [0, 0.05) is 24.4 Å². The summed E-state index contributed by atoms with van der Waals surface area (Å²) in [7, 11) is 1.88. The van der Waals surface area contributed by atoms with Crippen molar-refractivity contribution in [3.8, 4) is 34.1 Å². The van der Waals surface area contributed by atoms with E-state index in [1.807, 2.05) is 31.4 Å². The molecule has 0 radical (unpaired) electrons. The third-order valence-electron chi connectivity index (χ3n) is 5.83. The minimum Gasteiger partial charge on any atom is -0.477 e. The lowest BCUT2D eigenvalue weighted by Crippen LogP contribution is -2.08. The molecule has 1 aliphatic heterocycles. The number of aliphatic hydroxyl groups excluding tert-OH is 1. The minimum atomic E-state index is 0.00558. The minimum absolute atomic E-state index is 0.00558. The maximum Gasteiger partial charge on any atom is 0.240 e. The van der Waals surface area contributed by atoms with E-state index in [1.54, 1.807) is 9.36 Å². The Balaban J connectivity index is 1.57. The van der Waals surface area contributed by atoms with Gasteiger partial charge in [0.1, 0.15) is 0 Å². The van der Waals surface area contributed by atoms with Crippen molar-refractivity contribution >= 4 is 21.8 Å². The number of hydrogen-bond donors (Lipinski definition) is 2. The lowest BCUT2D eigenvalue weighted by Gasteiger charge is -2.09. The van der Waals surface area contributed by atoms with Gasteiger partial charge < -0.3 is 14.6 Å². The molecule has 0 saturated heterocycles. The highest BCUT2D eigenvalue weighted by molar-refractivity contribution is 5.98. The molecule has 32 heavy (non-hydrogen) atoms. The number of hydrogen-bond acceptors (Lipinski definition) is 6. The van der Waals surface area contributed by atoms with Crippen LogP contribution >= 0.6 is 0 Å². The predicted molar refractivity (Wildman–Crippen MR) is 120 cm³/mol. The summed E-state index contributed by atoms with van der Waals surface area (Å²) in [5.74, 6) is 1.27. The summed E-state index contributed by atoms with van der Waals surface area (Å²) < 4.78 is 15.6. The normalized spacial score (nSPS) is 13.7. The summed E-state index contributed by atoms with van der Waals surface area (Å²) >= 11 is 0. The largest absolute Gasteiger partial charge is 0.477 e. The molecule has 4 bridgehead atoms. The monoisotopic (exact) mass is 430 g/mol. The van der Waals surface area contributed by atoms with Gasteiger partial charge in [0.25, 0.3) is 0 Å². The summed E-state index contributed by atoms with van der Waals surface area (Å²) in [4.78, 5) is 0. The van der Waals surface area contributed by atoms with E-state index in [9.17, 15) is 5.11 Å². The van der Waals surface area contributed by atoms with Gasteiger partial charge in [0.2, 0.25) is 11.8 Å². The molecule has 0 spiro atoms. The molecule has 9 nitrogen and oxygen atoms in total. The topological polar surface area (TPSA) is 103 Å². The molecule has 4 heterocycles. The van der Waals surface area contributed by atoms with Crippen LogP contribution in [-0.2, 0) is 13.6 Å². The molecule has 6 rings (SSSR count). The summed E-state index contributed by atoms with van der Waals surface area (Å²) in [6, 6.07) is 12.3. The van der Waals surface area contributed by atoms with E-state index < -0.39 is 0 Å². The zero-order chi connectivity index (χ0) is 21.7. The molecule has 0 atom stereocenters. The van der Waals surface area contributed by atoms with Crippen molar-refractivity contribution in [2.24, 2.45) is 7.05 Å². The number of nitrogens with one attached hydrogen (secondary N) is 1. The van der Waals surface area contributed by atoms with E-state index in [2.05, 4.69) is 38.6 Å². The summed E-state index contributed by atoms with van der Waals surface area (Å²) in [5.41, 5.74) is 5.64. The maximum atomic E-state index is 9.44. The molecular formula is C23H22N6O3. The van der Waals surface area contributed by atoms with E-state index >= 15 is 0 Å². The first-order valence-corrected chi connectivity index (χ1v) is 10.6. The van der Waals surface area contributed by atoms with Crippen molar-refractivity contribution < 1.29 is 14.6 Å². The molecule has 3 aromatic heterocycles. The van der Waals surface area contributed by atoms with Crippen LogP contribution < -0.4 is 9.47 Å². The van der Waals surface area contributed by atoms with Gasteiger partial charge in [-0.25, -0.2) is 4.68 Å². The first-order valence-electron chi connectivity index (χ1n) is 10.6. The van der Waals surface area contributed by atoms with Crippen molar-refractivity contribution in [3.05, 3.63) is 42.6 Å². The number of H-pyrrole nitrogens is 1. The Morgan fingerprint density at radius 3 is 2.81 bits per heavy atom. The second-order valence-corrected chi connectivity index (χ2v) is 7.85. The number of ether oxygens (including phenoxy) is 2. The number of benzene rings is 2. The first-order chi connectivity index (χ1) is 15.7. The molecule has 0 saturated carbocycles. The standard InChI is InChI=1S/C23H22N6O3/c1-28-23-18(13-24-28)14-3-5-19-16(11-14)21(26-25-19)15-4-6-20-17(12-15)22(27-29(20)7-8-30)31-9-2-10-32-23/h3-6,11-13,30H,2,7-10H2,1H3,(H,25,26). The quantitative estimate of drug-likeness (QED) is 0.446. The fourth-order valence-electron chi connectivity index (χ4n) is 4.26. The highest BCUT2D eigenvalue weighted by Gasteiger charge is 2.18. The highest BCUT2D eigenvalue weighted by Crippen LogP contribution is 2.36. The van der Waals surface area contributed by atoms with E-state index in [1.165, 1.54) is 0 Å². The lowest BCUT2D eigenvalue weighted by molar-refractivity contribution is 0.230. The Morgan fingerprint density at radius 1 is 1.06 bits per heavy atom. The lowest BCUT2D eigenvalue weighted by atomic mass is 10.0. The van der Waals surface area contributed by atoms with Crippen LogP contribution in [0.15, 0.2) is 42.6 Å². The van der Waals surface area contributed by atoms with Gasteiger partial charge in [-0.05, 0) is 29.8 Å². The molecule has 5 aromatic rings. The second kappa shape index (κ2) is 7.38. The highest BCUT2D eigenvalue weighted by atomic mass is 16.5. The third kappa shape index (κ3) is 2.93. The number of aliphatic hydroxyl groups is 1. The summed E-state index contributed by atoms with van der Waals surface area (Å²) in [6.45, 7) is 1.36. The van der Waals surface area contributed by atoms with Crippen molar-refractivity contribution in [3.63, 3.8) is 0 Å². The first kappa shape index (κ1) is 18.9. The summed E-state index contributed by atoms with van der Waals surface area (Å²) in [5, 5.41) is 28.1. The van der Waals surface area contributed by atoms with Gasteiger partial charge in [-0.15, -0.1) is 5.10 Å². The molecule has 162 valence electrons. The van der Waals surface area contributed by atoms with Crippen molar-refractivity contribution in [2.45, 2.75) is 13.0 Å². The molecule has 0 aliphatic carbocycles. The molecule has 2 aromatic carbocycles. The predicted octanol–water partition coefficient (Wildman–Crippen LogP) is 3.13. The zero-order valence-electron chi connectivity index (χ0n) is 17.6. The Labute approximate surface area is 183 Å². The number of aromatic amines is 1. The van der Waals surface area contributed by atoms with E-state index in [-0.39, 0.29) is 6.61 Å². The van der Waals surface area contributed by atoms with Crippen molar-refractivity contribution in [1.82, 2.24) is 29.8 Å². The number of nitrogens with zero attached hydrogens (tertiary/aromatic N) is 5. The second-order valence-electron chi connectivity index (χ2n) is 7.85. The van der Waals surface area contributed by atoms with Gasteiger partial charge in [-0.1, -0.05) is 12.1 Å². The maximum absolute atomic E-state index is 9.44. The van der Waals surface area contributed by atoms with Gasteiger partial charge in [0.15, 0.2) is 0 Å². The molecular weight excluding hydrogens is 408 g/mol. The number of aromatic nitrogens is 6. The molecule has 0 fully saturated rings.